The SMILES string of the molecule is CC(C)(O)c1ccc2cc(C(=O)N3CCCc4cnc(N)c(F)c4C3)[nH]c2c1. The van der Waals surface area contributed by atoms with Crippen LogP contribution in [-0.4, -0.2) is 32.4 Å². The van der Waals surface area contributed by atoms with Crippen LogP contribution in [0.1, 0.15) is 47.4 Å². The molecule has 3 heterocycles. The van der Waals surface area contributed by atoms with Crippen molar-refractivity contribution in [3.8, 4) is 0 Å². The highest BCUT2D eigenvalue weighted by molar-refractivity contribution is 5.98. The molecule has 28 heavy (non-hydrogen) atoms. The van der Waals surface area contributed by atoms with E-state index in [-0.39, 0.29) is 18.3 Å². The van der Waals surface area contributed by atoms with Crippen molar-refractivity contribution in [3.05, 3.63) is 58.7 Å². The Morgan fingerprint density at radius 1 is 1.36 bits per heavy atom. The molecule has 2 aromatic heterocycles. The van der Waals surface area contributed by atoms with E-state index in [0.717, 1.165) is 28.5 Å². The summed E-state index contributed by atoms with van der Waals surface area (Å²) < 4.78 is 14.5. The molecule has 4 rings (SSSR count). The second-order valence-corrected chi connectivity index (χ2v) is 7.84. The van der Waals surface area contributed by atoms with Crippen molar-refractivity contribution < 1.29 is 14.3 Å². The highest BCUT2D eigenvalue weighted by atomic mass is 19.1. The number of halogens is 1. The highest BCUT2D eigenvalue weighted by Gasteiger charge is 2.25. The number of H-pyrrole nitrogens is 1. The molecule has 0 unspecified atom stereocenters. The Bertz CT molecular complexity index is 1070. The number of rotatable bonds is 2. The molecule has 3 aromatic rings. The van der Waals surface area contributed by atoms with E-state index in [1.54, 1.807) is 31.0 Å². The maximum Gasteiger partial charge on any atom is 0.270 e. The third kappa shape index (κ3) is 3.22. The van der Waals surface area contributed by atoms with Gasteiger partial charge in [0.05, 0.1) is 5.60 Å². The molecule has 146 valence electrons. The Morgan fingerprint density at radius 3 is 2.89 bits per heavy atom. The molecule has 1 aromatic carbocycles. The average Bonchev–Trinajstić information content (AvgIpc) is 2.95. The number of nitrogens with two attached hydrogens (primary N) is 1. The third-order valence-corrected chi connectivity index (χ3v) is 5.31. The summed E-state index contributed by atoms with van der Waals surface area (Å²) in [7, 11) is 0. The topological polar surface area (TPSA) is 95.2 Å². The number of aromatic amines is 1. The largest absolute Gasteiger partial charge is 0.386 e. The van der Waals surface area contributed by atoms with Gasteiger partial charge in [-0.1, -0.05) is 12.1 Å². The van der Waals surface area contributed by atoms with E-state index in [2.05, 4.69) is 9.97 Å². The Hall–Kier alpha value is -2.93. The number of nitrogens with zero attached hydrogens (tertiary/aromatic N) is 2. The molecule has 0 radical (unpaired) electrons. The zero-order chi connectivity index (χ0) is 20.1. The van der Waals surface area contributed by atoms with E-state index >= 15 is 0 Å². The molecule has 0 aliphatic carbocycles. The fourth-order valence-electron chi connectivity index (χ4n) is 3.66. The second kappa shape index (κ2) is 6.60. The summed E-state index contributed by atoms with van der Waals surface area (Å²) in [6.07, 6.45) is 2.99. The number of hydrogen-bond donors (Lipinski definition) is 3. The molecule has 0 spiro atoms. The molecule has 0 atom stereocenters. The number of nitrogen functional groups attached to an aromatic ring is 1. The van der Waals surface area contributed by atoms with Crippen LogP contribution in [0.4, 0.5) is 10.2 Å². The van der Waals surface area contributed by atoms with Gasteiger partial charge in [0.1, 0.15) is 5.69 Å². The molecule has 0 fully saturated rings. The van der Waals surface area contributed by atoms with Gasteiger partial charge >= 0.3 is 0 Å². The Labute approximate surface area is 162 Å². The standard InChI is InChI=1S/C21H23FN4O2/c1-21(2,28)14-6-5-12-8-17(25-16(12)9-14)20(27)26-7-3-4-13-10-24-19(23)18(22)15(13)11-26/h5-6,8-10,25,28H,3-4,7,11H2,1-2H3,(H2,23,24). The first-order chi connectivity index (χ1) is 13.2. The van der Waals surface area contributed by atoms with Gasteiger partial charge in [-0.2, -0.15) is 0 Å². The van der Waals surface area contributed by atoms with Gasteiger partial charge in [-0.15, -0.1) is 0 Å². The molecule has 0 bridgehead atoms. The molecule has 6 nitrogen and oxygen atoms in total. The van der Waals surface area contributed by atoms with Crippen LogP contribution in [0, 0.1) is 5.82 Å². The third-order valence-electron chi connectivity index (χ3n) is 5.31. The number of anilines is 1. The predicted molar refractivity (Wildman–Crippen MR) is 105 cm³/mol. The van der Waals surface area contributed by atoms with Crippen molar-refractivity contribution in [2.24, 2.45) is 0 Å². The van der Waals surface area contributed by atoms with Crippen LogP contribution in [0.3, 0.4) is 0 Å². The molecule has 1 amide bonds. The van der Waals surface area contributed by atoms with E-state index in [0.29, 0.717) is 24.2 Å². The summed E-state index contributed by atoms with van der Waals surface area (Å²) in [5, 5.41) is 11.1. The Kier molecular flexibility index (Phi) is 4.34. The quantitative estimate of drug-likeness (QED) is 0.635. The van der Waals surface area contributed by atoms with Gasteiger partial charge < -0.3 is 20.7 Å². The van der Waals surface area contributed by atoms with Crippen LogP contribution in [0.5, 0.6) is 0 Å². The maximum atomic E-state index is 14.5. The van der Waals surface area contributed by atoms with Crippen LogP contribution >= 0.6 is 0 Å². The lowest BCUT2D eigenvalue weighted by molar-refractivity contribution is 0.0739. The van der Waals surface area contributed by atoms with E-state index in [4.69, 9.17) is 5.73 Å². The van der Waals surface area contributed by atoms with E-state index in [9.17, 15) is 14.3 Å². The lowest BCUT2D eigenvalue weighted by atomic mass is 9.98. The highest BCUT2D eigenvalue weighted by Crippen LogP contribution is 2.27. The normalized spacial score (nSPS) is 14.8. The molecule has 1 aliphatic rings. The van der Waals surface area contributed by atoms with Crippen LogP contribution in [0.2, 0.25) is 0 Å². The minimum Gasteiger partial charge on any atom is -0.386 e. The number of nitrogens with one attached hydrogen (secondary N) is 1. The first kappa shape index (κ1) is 18.4. The van der Waals surface area contributed by atoms with Crippen LogP contribution in [-0.2, 0) is 18.6 Å². The molecule has 0 saturated carbocycles. The van der Waals surface area contributed by atoms with Gasteiger partial charge in [0.25, 0.3) is 5.91 Å². The van der Waals surface area contributed by atoms with E-state index in [1.165, 1.54) is 0 Å². The second-order valence-electron chi connectivity index (χ2n) is 7.84. The zero-order valence-corrected chi connectivity index (χ0v) is 15.9. The number of amides is 1. The van der Waals surface area contributed by atoms with Crippen molar-refractivity contribution in [2.75, 3.05) is 12.3 Å². The predicted octanol–water partition coefficient (Wildman–Crippen LogP) is 3.10. The number of aromatic nitrogens is 2. The van der Waals surface area contributed by atoms with Gasteiger partial charge in [-0.3, -0.25) is 4.79 Å². The Balaban J connectivity index is 1.66. The van der Waals surface area contributed by atoms with Crippen molar-refractivity contribution in [2.45, 2.75) is 38.8 Å². The van der Waals surface area contributed by atoms with Gasteiger partial charge in [0.2, 0.25) is 0 Å². The molecular weight excluding hydrogens is 359 g/mol. The van der Waals surface area contributed by atoms with Crippen LogP contribution in [0.15, 0.2) is 30.5 Å². The number of benzene rings is 1. The first-order valence-electron chi connectivity index (χ1n) is 9.30. The Morgan fingerprint density at radius 2 is 2.14 bits per heavy atom. The van der Waals surface area contributed by atoms with Gasteiger partial charge in [0.15, 0.2) is 11.6 Å². The minimum atomic E-state index is -0.969. The number of carbonyl (C=O) groups is 1. The summed E-state index contributed by atoms with van der Waals surface area (Å²) >= 11 is 0. The van der Waals surface area contributed by atoms with Crippen LogP contribution < -0.4 is 5.73 Å². The molecule has 7 heteroatoms. The molecule has 0 saturated heterocycles. The fourth-order valence-corrected chi connectivity index (χ4v) is 3.66. The summed E-state index contributed by atoms with van der Waals surface area (Å²) in [5.41, 5.74) is 7.86. The number of aliphatic hydroxyl groups is 1. The van der Waals surface area contributed by atoms with Gasteiger partial charge in [-0.05, 0) is 49.9 Å². The summed E-state index contributed by atoms with van der Waals surface area (Å²) in [4.78, 5) is 21.8. The number of carbonyl (C=O) groups excluding carboxylic acids is 1. The molecule has 1 aliphatic heterocycles. The van der Waals surface area contributed by atoms with Crippen molar-refractivity contribution in [1.29, 1.82) is 0 Å². The van der Waals surface area contributed by atoms with E-state index < -0.39 is 11.4 Å². The van der Waals surface area contributed by atoms with Gasteiger partial charge in [0, 0.05) is 35.8 Å². The monoisotopic (exact) mass is 382 g/mol. The minimum absolute atomic E-state index is 0.141. The fraction of sp³-hybridized carbons (Fsp3) is 0.333. The lowest BCUT2D eigenvalue weighted by Crippen LogP contribution is -2.31. The number of aryl methyl sites for hydroxylation is 1. The first-order valence-corrected chi connectivity index (χ1v) is 9.30. The van der Waals surface area contributed by atoms with Gasteiger partial charge in [-0.25, -0.2) is 9.37 Å². The van der Waals surface area contributed by atoms with Crippen molar-refractivity contribution in [3.63, 3.8) is 0 Å². The average molecular weight is 382 g/mol. The summed E-state index contributed by atoms with van der Waals surface area (Å²) in [6.45, 7) is 4.12. The van der Waals surface area contributed by atoms with Crippen molar-refractivity contribution in [1.82, 2.24) is 14.9 Å². The van der Waals surface area contributed by atoms with Crippen molar-refractivity contribution >= 4 is 22.6 Å². The number of fused-ring (bicyclic) bond motifs is 2. The lowest BCUT2D eigenvalue weighted by Gasteiger charge is -2.20. The molecular formula is C21H23FN4O2. The zero-order valence-electron chi connectivity index (χ0n) is 15.9. The van der Waals surface area contributed by atoms with Crippen LogP contribution in [0.25, 0.3) is 10.9 Å². The summed E-state index contributed by atoms with van der Waals surface area (Å²) in [5.74, 6) is -0.870. The number of hydrogen-bond acceptors (Lipinski definition) is 4. The maximum absolute atomic E-state index is 14.5. The van der Waals surface area contributed by atoms with E-state index in [1.807, 2.05) is 18.2 Å². The smallest absolute Gasteiger partial charge is 0.270 e. The molecule has 4 N–H and O–H groups in total. The summed E-state index contributed by atoms with van der Waals surface area (Å²) in [6, 6.07) is 7.35. The number of pyridine rings is 1.